The zero-order valence-electron chi connectivity index (χ0n) is 8.18. The number of aldehydes is 1. The van der Waals surface area contributed by atoms with Crippen LogP contribution >= 0.6 is 0 Å². The van der Waals surface area contributed by atoms with Crippen molar-refractivity contribution >= 4 is 6.29 Å². The lowest BCUT2D eigenvalue weighted by atomic mass is 10.2. The Morgan fingerprint density at radius 3 is 3.07 bits per heavy atom. The van der Waals surface area contributed by atoms with E-state index >= 15 is 0 Å². The molecule has 1 heterocycles. The number of rotatable bonds is 6. The Hall–Kier alpha value is -1.20. The molecule has 0 aliphatic heterocycles. The number of aliphatic hydroxyl groups is 1. The monoisotopic (exact) mass is 197 g/mol. The van der Waals surface area contributed by atoms with Gasteiger partial charge in [0, 0.05) is 6.20 Å². The molecule has 14 heavy (non-hydrogen) atoms. The van der Waals surface area contributed by atoms with E-state index in [1.807, 2.05) is 7.05 Å². The van der Waals surface area contributed by atoms with Crippen LogP contribution in [0.5, 0.6) is 0 Å². The molecule has 0 aromatic carbocycles. The number of carbonyl (C=O) groups is 1. The van der Waals surface area contributed by atoms with Crippen molar-refractivity contribution in [2.45, 2.75) is 12.5 Å². The maximum atomic E-state index is 10.4. The minimum absolute atomic E-state index is 0.0294. The third kappa shape index (κ3) is 2.65. The zero-order chi connectivity index (χ0) is 10.4. The van der Waals surface area contributed by atoms with Crippen molar-refractivity contribution in [2.24, 2.45) is 0 Å². The van der Waals surface area contributed by atoms with E-state index in [0.717, 1.165) is 19.3 Å². The van der Waals surface area contributed by atoms with Gasteiger partial charge >= 0.3 is 0 Å². The Morgan fingerprint density at radius 2 is 2.57 bits per heavy atom. The molecule has 78 valence electrons. The molecule has 1 aromatic rings. The van der Waals surface area contributed by atoms with Crippen LogP contribution in [0.3, 0.4) is 0 Å². The number of aliphatic hydroxyl groups excluding tert-OH is 1. The average molecular weight is 197 g/mol. The predicted molar refractivity (Wildman–Crippen MR) is 52.3 cm³/mol. The van der Waals surface area contributed by atoms with E-state index in [2.05, 4.69) is 10.4 Å². The number of hydrogen-bond donors (Lipinski definition) is 2. The SMILES string of the molecule is CNCC[C@@H](CO)n1cc(C=O)cn1. The van der Waals surface area contributed by atoms with Crippen LogP contribution in [0.15, 0.2) is 12.4 Å². The van der Waals surface area contributed by atoms with Gasteiger partial charge in [0.15, 0.2) is 6.29 Å². The summed E-state index contributed by atoms with van der Waals surface area (Å²) in [7, 11) is 1.86. The van der Waals surface area contributed by atoms with E-state index in [-0.39, 0.29) is 12.6 Å². The first-order chi connectivity index (χ1) is 6.81. The maximum absolute atomic E-state index is 10.4. The lowest BCUT2D eigenvalue weighted by molar-refractivity contribution is 0.112. The number of aromatic nitrogens is 2. The minimum Gasteiger partial charge on any atom is -0.394 e. The van der Waals surface area contributed by atoms with Crippen molar-refractivity contribution in [1.82, 2.24) is 15.1 Å². The first-order valence-electron chi connectivity index (χ1n) is 4.56. The van der Waals surface area contributed by atoms with Crippen molar-refractivity contribution in [3.05, 3.63) is 18.0 Å². The van der Waals surface area contributed by atoms with Gasteiger partial charge in [-0.1, -0.05) is 0 Å². The molecule has 1 atom stereocenters. The maximum Gasteiger partial charge on any atom is 0.153 e. The van der Waals surface area contributed by atoms with E-state index in [1.165, 1.54) is 6.20 Å². The van der Waals surface area contributed by atoms with Crippen molar-refractivity contribution in [2.75, 3.05) is 20.2 Å². The van der Waals surface area contributed by atoms with Crippen LogP contribution in [-0.4, -0.2) is 41.4 Å². The molecule has 0 saturated carbocycles. The third-order valence-electron chi connectivity index (χ3n) is 2.07. The predicted octanol–water partition coefficient (Wildman–Crippen LogP) is -0.162. The van der Waals surface area contributed by atoms with Crippen molar-refractivity contribution in [1.29, 1.82) is 0 Å². The second kappa shape index (κ2) is 5.51. The van der Waals surface area contributed by atoms with E-state index in [9.17, 15) is 4.79 Å². The zero-order valence-corrected chi connectivity index (χ0v) is 8.18. The second-order valence-corrected chi connectivity index (χ2v) is 3.10. The van der Waals surface area contributed by atoms with Crippen LogP contribution in [0.1, 0.15) is 22.8 Å². The van der Waals surface area contributed by atoms with E-state index < -0.39 is 0 Å². The quantitative estimate of drug-likeness (QED) is 0.622. The largest absolute Gasteiger partial charge is 0.394 e. The highest BCUT2D eigenvalue weighted by molar-refractivity contribution is 5.73. The molecule has 0 bridgehead atoms. The fourth-order valence-electron chi connectivity index (χ4n) is 1.23. The van der Waals surface area contributed by atoms with Gasteiger partial charge in [0.2, 0.25) is 0 Å². The summed E-state index contributed by atoms with van der Waals surface area (Å²) in [6.45, 7) is 0.836. The summed E-state index contributed by atoms with van der Waals surface area (Å²) in [4.78, 5) is 10.4. The van der Waals surface area contributed by atoms with E-state index in [4.69, 9.17) is 5.11 Å². The Kier molecular flexibility index (Phi) is 4.28. The van der Waals surface area contributed by atoms with E-state index in [0.29, 0.717) is 5.56 Å². The smallest absolute Gasteiger partial charge is 0.153 e. The molecule has 1 aromatic heterocycles. The Morgan fingerprint density at radius 1 is 1.79 bits per heavy atom. The van der Waals surface area contributed by atoms with Gasteiger partial charge in [-0.3, -0.25) is 9.48 Å². The molecular formula is C9H15N3O2. The highest BCUT2D eigenvalue weighted by Crippen LogP contribution is 2.09. The van der Waals surface area contributed by atoms with Gasteiger partial charge in [0.25, 0.3) is 0 Å². The Bertz CT molecular complexity index is 285. The van der Waals surface area contributed by atoms with Crippen molar-refractivity contribution < 1.29 is 9.90 Å². The number of hydrogen-bond acceptors (Lipinski definition) is 4. The van der Waals surface area contributed by atoms with Crippen LogP contribution < -0.4 is 5.32 Å². The Labute approximate surface area is 82.7 Å². The summed E-state index contributed by atoms with van der Waals surface area (Å²) in [5.41, 5.74) is 0.535. The van der Waals surface area contributed by atoms with Gasteiger partial charge in [0.1, 0.15) is 0 Å². The fraction of sp³-hybridized carbons (Fsp3) is 0.556. The highest BCUT2D eigenvalue weighted by atomic mass is 16.3. The molecule has 0 saturated heterocycles. The summed E-state index contributed by atoms with van der Waals surface area (Å²) in [5, 5.41) is 16.1. The molecule has 0 unspecified atom stereocenters. The van der Waals surface area contributed by atoms with Crippen molar-refractivity contribution in [3.63, 3.8) is 0 Å². The Balaban J connectivity index is 2.63. The molecule has 5 heteroatoms. The summed E-state index contributed by atoms with van der Waals surface area (Å²) < 4.78 is 1.63. The van der Waals surface area contributed by atoms with Gasteiger partial charge in [-0.15, -0.1) is 0 Å². The fourth-order valence-corrected chi connectivity index (χ4v) is 1.23. The number of carbonyl (C=O) groups excluding carboxylic acids is 1. The van der Waals surface area contributed by atoms with Gasteiger partial charge in [0.05, 0.1) is 24.4 Å². The summed E-state index contributed by atoms with van der Waals surface area (Å²) in [6.07, 6.45) is 4.67. The standard InChI is InChI=1S/C9H15N3O2/c1-10-3-2-9(7-14)12-5-8(6-13)4-11-12/h4-6,9-10,14H,2-3,7H2,1H3/t9-/m0/s1. The molecule has 0 aliphatic carbocycles. The normalized spacial score (nSPS) is 12.7. The van der Waals surface area contributed by atoms with Crippen LogP contribution in [0.4, 0.5) is 0 Å². The van der Waals surface area contributed by atoms with Crippen LogP contribution in [0.2, 0.25) is 0 Å². The first-order valence-corrected chi connectivity index (χ1v) is 4.56. The lowest BCUT2D eigenvalue weighted by Crippen LogP contribution is -2.19. The van der Waals surface area contributed by atoms with Gasteiger partial charge in [-0.25, -0.2) is 0 Å². The summed E-state index contributed by atoms with van der Waals surface area (Å²) in [6, 6.07) is -0.0591. The molecule has 1 rings (SSSR count). The van der Waals surface area contributed by atoms with Gasteiger partial charge < -0.3 is 10.4 Å². The van der Waals surface area contributed by atoms with E-state index in [1.54, 1.807) is 10.9 Å². The van der Waals surface area contributed by atoms with Crippen LogP contribution in [-0.2, 0) is 0 Å². The van der Waals surface area contributed by atoms with Crippen LogP contribution in [0.25, 0.3) is 0 Å². The molecule has 0 aliphatic rings. The summed E-state index contributed by atoms with van der Waals surface area (Å²) in [5.74, 6) is 0. The molecule has 0 fully saturated rings. The van der Waals surface area contributed by atoms with Gasteiger partial charge in [-0.2, -0.15) is 5.10 Å². The number of nitrogens with one attached hydrogen (secondary N) is 1. The van der Waals surface area contributed by atoms with Crippen LogP contribution in [0, 0.1) is 0 Å². The number of nitrogens with zero attached hydrogens (tertiary/aromatic N) is 2. The highest BCUT2D eigenvalue weighted by Gasteiger charge is 2.10. The minimum atomic E-state index is -0.0591. The molecule has 0 radical (unpaired) electrons. The molecular weight excluding hydrogens is 182 g/mol. The molecule has 0 spiro atoms. The average Bonchev–Trinajstić information content (AvgIpc) is 2.68. The molecule has 2 N–H and O–H groups in total. The first kappa shape index (κ1) is 10.9. The van der Waals surface area contributed by atoms with Crippen molar-refractivity contribution in [3.8, 4) is 0 Å². The molecule has 0 amide bonds. The third-order valence-corrected chi connectivity index (χ3v) is 2.07. The lowest BCUT2D eigenvalue weighted by Gasteiger charge is -2.13. The molecule has 5 nitrogen and oxygen atoms in total. The topological polar surface area (TPSA) is 67.2 Å². The van der Waals surface area contributed by atoms with Gasteiger partial charge in [-0.05, 0) is 20.0 Å². The summed E-state index contributed by atoms with van der Waals surface area (Å²) >= 11 is 0. The second-order valence-electron chi connectivity index (χ2n) is 3.10.